The molecule has 0 N–H and O–H groups in total. The Morgan fingerprint density at radius 3 is 2.42 bits per heavy atom. The van der Waals surface area contributed by atoms with Crippen molar-refractivity contribution in [2.75, 3.05) is 18.1 Å². The largest absolute Gasteiger partial charge is 0.367 e. The van der Waals surface area contributed by atoms with Crippen molar-refractivity contribution in [1.82, 2.24) is 4.98 Å². The summed E-state index contributed by atoms with van der Waals surface area (Å²) in [5.41, 5.74) is 7.08. The quantitative estimate of drug-likeness (QED) is 0.292. The van der Waals surface area contributed by atoms with E-state index in [-0.39, 0.29) is 18.3 Å². The molecule has 1 aromatic heterocycles. The molecule has 5 nitrogen and oxygen atoms in total. The zero-order chi connectivity index (χ0) is 24.7. The number of aromatic nitrogens is 1. The molecule has 5 heteroatoms. The van der Waals surface area contributed by atoms with Crippen molar-refractivity contribution in [1.29, 1.82) is 0 Å². The molecule has 0 spiro atoms. The summed E-state index contributed by atoms with van der Waals surface area (Å²) in [4.78, 5) is 31.3. The number of carbonyl (C=O) groups is 2. The molecule has 0 unspecified atom stereocenters. The number of fused-ring (bicyclic) bond motifs is 1. The summed E-state index contributed by atoms with van der Waals surface area (Å²) in [5, 5.41) is 0. The standard InChI is InChI=1S/C31H28N2O3/c34-30(15-8-23-7-4-17-32-20-23)26-11-9-25(10-12-26)27-13-14-29-28(19-27)16-18-33(29)31(35)22-36-21-24-5-2-1-3-6-24/h1-7,9-14,17,19-20H,8,15-16,18,21-22H2. The van der Waals surface area contributed by atoms with Gasteiger partial charge in [-0.25, -0.2) is 0 Å². The smallest absolute Gasteiger partial charge is 0.253 e. The zero-order valence-electron chi connectivity index (χ0n) is 20.1. The second kappa shape index (κ2) is 11.1. The van der Waals surface area contributed by atoms with E-state index in [9.17, 15) is 9.59 Å². The Morgan fingerprint density at radius 2 is 1.64 bits per heavy atom. The fourth-order valence-electron chi connectivity index (χ4n) is 4.55. The summed E-state index contributed by atoms with van der Waals surface area (Å²) in [7, 11) is 0. The highest BCUT2D eigenvalue weighted by Crippen LogP contribution is 2.32. The molecule has 36 heavy (non-hydrogen) atoms. The lowest BCUT2D eigenvalue weighted by atomic mass is 9.98. The van der Waals surface area contributed by atoms with Crippen LogP contribution in [-0.4, -0.2) is 29.8 Å². The van der Waals surface area contributed by atoms with Gasteiger partial charge in [0.05, 0.1) is 6.61 Å². The number of pyridine rings is 1. The molecule has 0 bridgehead atoms. The minimum absolute atomic E-state index is 0.0217. The number of amides is 1. The van der Waals surface area contributed by atoms with Crippen LogP contribution in [0, 0.1) is 0 Å². The van der Waals surface area contributed by atoms with Crippen LogP contribution in [0.15, 0.2) is 97.3 Å². The fraction of sp³-hybridized carbons (Fsp3) is 0.194. The number of hydrogen-bond acceptors (Lipinski definition) is 4. The highest BCUT2D eigenvalue weighted by molar-refractivity contribution is 5.97. The van der Waals surface area contributed by atoms with Crippen molar-refractivity contribution in [3.05, 3.63) is 120 Å². The van der Waals surface area contributed by atoms with Crippen molar-refractivity contribution in [2.24, 2.45) is 0 Å². The monoisotopic (exact) mass is 476 g/mol. The lowest BCUT2D eigenvalue weighted by Crippen LogP contribution is -2.32. The average Bonchev–Trinajstić information content (AvgIpc) is 3.36. The number of aryl methyl sites for hydroxylation is 1. The maximum atomic E-state index is 12.8. The van der Waals surface area contributed by atoms with Gasteiger partial charge in [0.1, 0.15) is 6.61 Å². The van der Waals surface area contributed by atoms with E-state index in [0.717, 1.165) is 45.5 Å². The Bertz CT molecular complexity index is 1340. The molecule has 2 heterocycles. The van der Waals surface area contributed by atoms with Gasteiger partial charge < -0.3 is 9.64 Å². The van der Waals surface area contributed by atoms with Gasteiger partial charge in [0.15, 0.2) is 5.78 Å². The number of Topliss-reactive ketones (excluding diaryl/α,β-unsaturated/α-hetero) is 1. The molecule has 5 rings (SSSR count). The number of rotatable bonds is 9. The number of anilines is 1. The van der Waals surface area contributed by atoms with Crippen LogP contribution in [0.4, 0.5) is 5.69 Å². The van der Waals surface area contributed by atoms with Crippen LogP contribution in [0.1, 0.15) is 33.5 Å². The maximum Gasteiger partial charge on any atom is 0.253 e. The lowest BCUT2D eigenvalue weighted by Gasteiger charge is -2.18. The van der Waals surface area contributed by atoms with E-state index in [4.69, 9.17) is 4.74 Å². The third kappa shape index (κ3) is 5.58. The second-order valence-electron chi connectivity index (χ2n) is 8.98. The molecule has 4 aromatic rings. The maximum absolute atomic E-state index is 12.8. The van der Waals surface area contributed by atoms with E-state index in [1.807, 2.05) is 83.8 Å². The van der Waals surface area contributed by atoms with Crippen LogP contribution < -0.4 is 4.90 Å². The Hall–Kier alpha value is -4.09. The Kier molecular flexibility index (Phi) is 7.29. The molecule has 3 aromatic carbocycles. The molecule has 180 valence electrons. The SMILES string of the molecule is O=C(CCc1cccnc1)c1ccc(-c2ccc3c(c2)CCN3C(=O)COCc2ccccc2)cc1. The Balaban J connectivity index is 1.19. The minimum Gasteiger partial charge on any atom is -0.367 e. The van der Waals surface area contributed by atoms with Gasteiger partial charge in [-0.15, -0.1) is 0 Å². The van der Waals surface area contributed by atoms with Gasteiger partial charge in [-0.05, 0) is 58.9 Å². The van der Waals surface area contributed by atoms with Gasteiger partial charge in [0.2, 0.25) is 0 Å². The van der Waals surface area contributed by atoms with Crippen LogP contribution >= 0.6 is 0 Å². The average molecular weight is 477 g/mol. The predicted molar refractivity (Wildman–Crippen MR) is 141 cm³/mol. The molecule has 1 amide bonds. The van der Waals surface area contributed by atoms with Crippen LogP contribution in [0.2, 0.25) is 0 Å². The molecule has 0 atom stereocenters. The predicted octanol–water partition coefficient (Wildman–Crippen LogP) is 5.67. The van der Waals surface area contributed by atoms with E-state index in [1.54, 1.807) is 12.4 Å². The number of hydrogen-bond donors (Lipinski definition) is 0. The van der Waals surface area contributed by atoms with Crippen LogP contribution in [-0.2, 0) is 29.0 Å². The van der Waals surface area contributed by atoms with Crippen molar-refractivity contribution >= 4 is 17.4 Å². The highest BCUT2D eigenvalue weighted by atomic mass is 16.5. The fourth-order valence-corrected chi connectivity index (χ4v) is 4.55. The number of benzene rings is 3. The van der Waals surface area contributed by atoms with Crippen LogP contribution in [0.5, 0.6) is 0 Å². The summed E-state index contributed by atoms with van der Waals surface area (Å²) < 4.78 is 5.65. The zero-order valence-corrected chi connectivity index (χ0v) is 20.1. The van der Waals surface area contributed by atoms with E-state index >= 15 is 0 Å². The molecule has 0 radical (unpaired) electrons. The van der Waals surface area contributed by atoms with Crippen LogP contribution in [0.25, 0.3) is 11.1 Å². The number of carbonyl (C=O) groups excluding carboxylic acids is 2. The molecule has 0 saturated heterocycles. The van der Waals surface area contributed by atoms with Crippen molar-refractivity contribution < 1.29 is 14.3 Å². The lowest BCUT2D eigenvalue weighted by molar-refractivity contribution is -0.123. The van der Waals surface area contributed by atoms with Gasteiger partial charge in [0, 0.05) is 36.6 Å². The molecule has 0 saturated carbocycles. The summed E-state index contributed by atoms with van der Waals surface area (Å²) >= 11 is 0. The molecular formula is C31H28N2O3. The molecule has 1 aliphatic rings. The van der Waals surface area contributed by atoms with E-state index in [2.05, 4.69) is 11.1 Å². The van der Waals surface area contributed by atoms with Gasteiger partial charge in [0.25, 0.3) is 5.91 Å². The van der Waals surface area contributed by atoms with E-state index < -0.39 is 0 Å². The first-order valence-electron chi connectivity index (χ1n) is 12.2. The van der Waals surface area contributed by atoms with E-state index in [0.29, 0.717) is 26.0 Å². The molecular weight excluding hydrogens is 448 g/mol. The Morgan fingerprint density at radius 1 is 0.861 bits per heavy atom. The summed E-state index contributed by atoms with van der Waals surface area (Å²) in [6, 6.07) is 27.7. The summed E-state index contributed by atoms with van der Waals surface area (Å²) in [6.07, 6.45) is 5.50. The van der Waals surface area contributed by atoms with Gasteiger partial charge in [-0.2, -0.15) is 0 Å². The van der Waals surface area contributed by atoms with Gasteiger partial charge in [-0.3, -0.25) is 14.6 Å². The molecule has 1 aliphatic heterocycles. The van der Waals surface area contributed by atoms with E-state index in [1.165, 1.54) is 0 Å². The minimum atomic E-state index is -0.0217. The summed E-state index contributed by atoms with van der Waals surface area (Å²) in [6.45, 7) is 1.15. The normalized spacial score (nSPS) is 12.4. The van der Waals surface area contributed by atoms with Gasteiger partial charge >= 0.3 is 0 Å². The summed E-state index contributed by atoms with van der Waals surface area (Å²) in [5.74, 6) is 0.106. The molecule has 0 fully saturated rings. The number of nitrogens with zero attached hydrogens (tertiary/aromatic N) is 2. The second-order valence-corrected chi connectivity index (χ2v) is 8.98. The van der Waals surface area contributed by atoms with Crippen molar-refractivity contribution in [3.63, 3.8) is 0 Å². The number of ether oxygens (including phenoxy) is 1. The number of ketones is 1. The van der Waals surface area contributed by atoms with Gasteiger partial charge in [-0.1, -0.05) is 66.7 Å². The first-order chi connectivity index (χ1) is 17.7. The Labute approximate surface area is 211 Å². The first kappa shape index (κ1) is 23.6. The van der Waals surface area contributed by atoms with Crippen molar-refractivity contribution in [3.8, 4) is 11.1 Å². The third-order valence-electron chi connectivity index (χ3n) is 6.52. The van der Waals surface area contributed by atoms with Crippen LogP contribution in [0.3, 0.4) is 0 Å². The molecule has 0 aliphatic carbocycles. The van der Waals surface area contributed by atoms with Crippen molar-refractivity contribution in [2.45, 2.75) is 25.9 Å². The highest BCUT2D eigenvalue weighted by Gasteiger charge is 2.25. The third-order valence-corrected chi connectivity index (χ3v) is 6.52. The first-order valence-corrected chi connectivity index (χ1v) is 12.2. The topological polar surface area (TPSA) is 59.5 Å².